The third-order valence-corrected chi connectivity index (χ3v) is 3.66. The number of aliphatic hydroxyl groups is 1. The first-order valence-electron chi connectivity index (χ1n) is 6.48. The molecule has 1 N–H and O–H groups in total. The van der Waals surface area contributed by atoms with Crippen molar-refractivity contribution in [3.05, 3.63) is 11.4 Å². The van der Waals surface area contributed by atoms with Gasteiger partial charge in [0.1, 0.15) is 11.4 Å². The molecule has 1 aromatic rings. The molecule has 0 aliphatic carbocycles. The second-order valence-electron chi connectivity index (χ2n) is 4.96. The summed E-state index contributed by atoms with van der Waals surface area (Å²) in [6.07, 6.45) is 0.912. The Bertz CT molecular complexity index is 434. The number of piperazine rings is 1. The molecule has 0 saturated carbocycles. The summed E-state index contributed by atoms with van der Waals surface area (Å²) in [4.78, 5) is 16.2. The second-order valence-corrected chi connectivity index (χ2v) is 4.96. The van der Waals surface area contributed by atoms with Crippen LogP contribution in [0.2, 0.25) is 0 Å². The number of amides is 1. The van der Waals surface area contributed by atoms with Crippen molar-refractivity contribution in [2.24, 2.45) is 0 Å². The van der Waals surface area contributed by atoms with Crippen LogP contribution in [0.1, 0.15) is 17.8 Å². The van der Waals surface area contributed by atoms with Gasteiger partial charge in [0.05, 0.1) is 6.42 Å². The molecule has 106 valence electrons. The van der Waals surface area contributed by atoms with Gasteiger partial charge in [-0.05, 0) is 20.4 Å². The summed E-state index contributed by atoms with van der Waals surface area (Å²) in [5.74, 6) is 0.0369. The predicted molar refractivity (Wildman–Crippen MR) is 67.4 cm³/mol. The predicted octanol–water partition coefficient (Wildman–Crippen LogP) is -0.554. The second kappa shape index (κ2) is 6.12. The lowest BCUT2D eigenvalue weighted by atomic mass is 10.1. The fourth-order valence-corrected chi connectivity index (χ4v) is 2.30. The Balaban J connectivity index is 1.94. The van der Waals surface area contributed by atoms with Gasteiger partial charge in [-0.25, -0.2) is 4.63 Å². The van der Waals surface area contributed by atoms with Crippen LogP contribution >= 0.6 is 0 Å². The van der Waals surface area contributed by atoms with Crippen LogP contribution in [-0.4, -0.2) is 70.5 Å². The zero-order valence-corrected chi connectivity index (χ0v) is 11.4. The zero-order valence-electron chi connectivity index (χ0n) is 11.4. The summed E-state index contributed by atoms with van der Waals surface area (Å²) in [6.45, 7) is 4.11. The van der Waals surface area contributed by atoms with Crippen molar-refractivity contribution in [3.63, 3.8) is 0 Å². The molecule has 0 spiro atoms. The van der Waals surface area contributed by atoms with E-state index in [0.717, 1.165) is 6.54 Å². The number of carbonyl (C=O) groups excluding carboxylic acids is 1. The number of likely N-dealkylation sites (N-methyl/N-ethyl adjacent to an activating group) is 1. The number of hydrogen-bond acceptors (Lipinski definition) is 6. The van der Waals surface area contributed by atoms with E-state index in [2.05, 4.69) is 19.8 Å². The number of hydrogen-bond donors (Lipinski definition) is 1. The molecule has 1 unspecified atom stereocenters. The summed E-state index contributed by atoms with van der Waals surface area (Å²) in [7, 11) is 2.02. The van der Waals surface area contributed by atoms with E-state index in [1.54, 1.807) is 6.92 Å². The Hall–Kier alpha value is -1.47. The molecule has 0 radical (unpaired) electrons. The van der Waals surface area contributed by atoms with Crippen molar-refractivity contribution in [3.8, 4) is 0 Å². The van der Waals surface area contributed by atoms with E-state index in [9.17, 15) is 4.79 Å². The first-order chi connectivity index (χ1) is 9.11. The molecule has 1 saturated heterocycles. The molecule has 1 amide bonds. The smallest absolute Gasteiger partial charge is 0.228 e. The highest BCUT2D eigenvalue weighted by Crippen LogP contribution is 2.13. The highest BCUT2D eigenvalue weighted by atomic mass is 16.6. The molecule has 1 atom stereocenters. The molecule has 0 aromatic carbocycles. The first kappa shape index (κ1) is 14.0. The van der Waals surface area contributed by atoms with Gasteiger partial charge in [0.15, 0.2) is 0 Å². The Morgan fingerprint density at radius 1 is 1.47 bits per heavy atom. The highest BCUT2D eigenvalue weighted by Gasteiger charge is 2.27. The molecule has 19 heavy (non-hydrogen) atoms. The third kappa shape index (κ3) is 3.30. The zero-order chi connectivity index (χ0) is 13.8. The van der Waals surface area contributed by atoms with Crippen LogP contribution in [0, 0.1) is 6.92 Å². The lowest BCUT2D eigenvalue weighted by Gasteiger charge is -2.39. The standard InChI is InChI=1S/C12H20N4O3/c1-9-11(14-19-13-9)7-12(18)16-5-4-15(2)10(8-16)3-6-17/h10,17H,3-8H2,1-2H3. The Kier molecular flexibility index (Phi) is 4.49. The largest absolute Gasteiger partial charge is 0.396 e. The van der Waals surface area contributed by atoms with E-state index in [-0.39, 0.29) is 25.0 Å². The summed E-state index contributed by atoms with van der Waals surface area (Å²) >= 11 is 0. The van der Waals surface area contributed by atoms with Crippen molar-refractivity contribution >= 4 is 5.91 Å². The number of carbonyl (C=O) groups is 1. The highest BCUT2D eigenvalue weighted by molar-refractivity contribution is 5.78. The van der Waals surface area contributed by atoms with Crippen LogP contribution < -0.4 is 0 Å². The molecule has 1 aromatic heterocycles. The van der Waals surface area contributed by atoms with Crippen LogP contribution in [0.25, 0.3) is 0 Å². The molecular weight excluding hydrogens is 248 g/mol. The SMILES string of the molecule is Cc1nonc1CC(=O)N1CCN(C)C(CCO)C1. The van der Waals surface area contributed by atoms with Crippen molar-refractivity contribution in [2.45, 2.75) is 25.8 Å². The van der Waals surface area contributed by atoms with Gasteiger partial charge in [0.2, 0.25) is 5.91 Å². The van der Waals surface area contributed by atoms with Gasteiger partial charge in [0.25, 0.3) is 0 Å². The van der Waals surface area contributed by atoms with Gasteiger partial charge in [-0.15, -0.1) is 0 Å². The monoisotopic (exact) mass is 268 g/mol. The fraction of sp³-hybridized carbons (Fsp3) is 0.750. The van der Waals surface area contributed by atoms with Crippen molar-refractivity contribution in [1.29, 1.82) is 0 Å². The van der Waals surface area contributed by atoms with Gasteiger partial charge in [-0.2, -0.15) is 0 Å². The van der Waals surface area contributed by atoms with Gasteiger partial charge in [0, 0.05) is 32.3 Å². The number of rotatable bonds is 4. The molecule has 0 bridgehead atoms. The summed E-state index contributed by atoms with van der Waals surface area (Å²) in [5, 5.41) is 16.5. The summed E-state index contributed by atoms with van der Waals surface area (Å²) in [5.41, 5.74) is 1.26. The van der Waals surface area contributed by atoms with E-state index in [0.29, 0.717) is 30.9 Å². The fourth-order valence-electron chi connectivity index (χ4n) is 2.30. The van der Waals surface area contributed by atoms with Crippen LogP contribution in [-0.2, 0) is 11.2 Å². The average Bonchev–Trinajstić information content (AvgIpc) is 2.78. The Labute approximate surface area is 112 Å². The molecule has 2 heterocycles. The van der Waals surface area contributed by atoms with Gasteiger partial charge < -0.3 is 10.0 Å². The van der Waals surface area contributed by atoms with E-state index < -0.39 is 0 Å². The Morgan fingerprint density at radius 3 is 2.89 bits per heavy atom. The van der Waals surface area contributed by atoms with E-state index >= 15 is 0 Å². The summed E-state index contributed by atoms with van der Waals surface area (Å²) in [6, 6.07) is 0.222. The molecule has 7 nitrogen and oxygen atoms in total. The topological polar surface area (TPSA) is 82.7 Å². The minimum absolute atomic E-state index is 0.0369. The van der Waals surface area contributed by atoms with Crippen LogP contribution in [0.15, 0.2) is 4.63 Å². The molecule has 1 fully saturated rings. The lowest BCUT2D eigenvalue weighted by molar-refractivity contribution is -0.133. The van der Waals surface area contributed by atoms with Crippen LogP contribution in [0.4, 0.5) is 0 Å². The normalized spacial score (nSPS) is 20.8. The molecule has 2 rings (SSSR count). The Morgan fingerprint density at radius 2 is 2.26 bits per heavy atom. The maximum atomic E-state index is 12.2. The third-order valence-electron chi connectivity index (χ3n) is 3.66. The van der Waals surface area contributed by atoms with Crippen molar-refractivity contribution in [1.82, 2.24) is 20.1 Å². The molecule has 1 aliphatic rings. The number of aliphatic hydroxyl groups excluding tert-OH is 1. The lowest BCUT2D eigenvalue weighted by Crippen LogP contribution is -2.53. The molecule has 1 aliphatic heterocycles. The quantitative estimate of drug-likeness (QED) is 0.788. The van der Waals surface area contributed by atoms with Gasteiger partial charge in [-0.3, -0.25) is 9.69 Å². The van der Waals surface area contributed by atoms with E-state index in [4.69, 9.17) is 5.11 Å². The van der Waals surface area contributed by atoms with Crippen molar-refractivity contribution < 1.29 is 14.5 Å². The van der Waals surface area contributed by atoms with Crippen LogP contribution in [0.3, 0.4) is 0 Å². The molecule has 7 heteroatoms. The maximum absolute atomic E-state index is 12.2. The van der Waals surface area contributed by atoms with Crippen LogP contribution in [0.5, 0.6) is 0 Å². The maximum Gasteiger partial charge on any atom is 0.228 e. The van der Waals surface area contributed by atoms with E-state index in [1.807, 2.05) is 11.9 Å². The molecular formula is C12H20N4O3. The minimum Gasteiger partial charge on any atom is -0.396 e. The average molecular weight is 268 g/mol. The number of aryl methyl sites for hydroxylation is 1. The van der Waals surface area contributed by atoms with Gasteiger partial charge >= 0.3 is 0 Å². The minimum atomic E-state index is 0.0369. The summed E-state index contributed by atoms with van der Waals surface area (Å²) < 4.78 is 4.60. The first-order valence-corrected chi connectivity index (χ1v) is 6.48. The van der Waals surface area contributed by atoms with Crippen molar-refractivity contribution in [2.75, 3.05) is 33.3 Å². The van der Waals surface area contributed by atoms with Gasteiger partial charge in [-0.1, -0.05) is 10.3 Å². The van der Waals surface area contributed by atoms with E-state index in [1.165, 1.54) is 0 Å². The number of aromatic nitrogens is 2. The number of nitrogens with zero attached hydrogens (tertiary/aromatic N) is 4.